The van der Waals surface area contributed by atoms with Gasteiger partial charge in [-0.3, -0.25) is 0 Å². The molecule has 1 heterocycles. The average Bonchev–Trinajstić information content (AvgIpc) is 2.91. The molecular weight excluding hydrogens is 277 g/mol. The molecule has 0 aliphatic carbocycles. The molecule has 0 fully saturated rings. The van der Waals surface area contributed by atoms with Gasteiger partial charge in [-0.15, -0.1) is 0 Å². The van der Waals surface area contributed by atoms with E-state index < -0.39 is 0 Å². The molecule has 20 heavy (non-hydrogen) atoms. The Morgan fingerprint density at radius 1 is 1.30 bits per heavy atom. The molecule has 2 aromatic rings. The van der Waals surface area contributed by atoms with Gasteiger partial charge in [0.25, 0.3) is 0 Å². The molecule has 0 saturated heterocycles. The maximum Gasteiger partial charge on any atom is 0.142 e. The van der Waals surface area contributed by atoms with Crippen LogP contribution in [0.2, 0.25) is 5.02 Å². The van der Waals surface area contributed by atoms with Crippen molar-refractivity contribution in [2.75, 3.05) is 6.54 Å². The molecule has 0 spiro atoms. The Bertz CT molecular complexity index is 567. The highest BCUT2D eigenvalue weighted by atomic mass is 35.5. The normalized spacial score (nSPS) is 12.6. The second-order valence-corrected chi connectivity index (χ2v) is 5.06. The lowest BCUT2D eigenvalue weighted by molar-refractivity contribution is 0.487. The maximum absolute atomic E-state index is 13.5. The van der Waals surface area contributed by atoms with Crippen LogP contribution in [0.5, 0.6) is 0 Å². The summed E-state index contributed by atoms with van der Waals surface area (Å²) in [6.07, 6.45) is 3.17. The smallest absolute Gasteiger partial charge is 0.142 e. The number of halogens is 2. The van der Waals surface area contributed by atoms with Gasteiger partial charge in [-0.2, -0.15) is 0 Å². The number of hydrogen-bond acceptors (Lipinski definition) is 2. The molecule has 4 heteroatoms. The summed E-state index contributed by atoms with van der Waals surface area (Å²) in [6.45, 7) is 4.93. The van der Waals surface area contributed by atoms with Crippen molar-refractivity contribution in [3.63, 3.8) is 0 Å². The van der Waals surface area contributed by atoms with Crippen LogP contribution < -0.4 is 5.32 Å². The Morgan fingerprint density at radius 3 is 2.80 bits per heavy atom. The Labute approximate surface area is 123 Å². The summed E-state index contributed by atoms with van der Waals surface area (Å²) >= 11 is 6.05. The van der Waals surface area contributed by atoms with Crippen LogP contribution in [0.15, 0.2) is 34.9 Å². The Hall–Kier alpha value is -1.32. The van der Waals surface area contributed by atoms with Crippen LogP contribution >= 0.6 is 11.6 Å². The quantitative estimate of drug-likeness (QED) is 0.847. The first-order valence-corrected chi connectivity index (χ1v) is 7.27. The molecule has 0 saturated carbocycles. The number of benzene rings is 1. The minimum atomic E-state index is -0.373. The van der Waals surface area contributed by atoms with E-state index >= 15 is 0 Å². The highest BCUT2D eigenvalue weighted by Gasteiger charge is 2.18. The number of furan rings is 1. The third-order valence-corrected chi connectivity index (χ3v) is 3.81. The van der Waals surface area contributed by atoms with Gasteiger partial charge in [0.15, 0.2) is 0 Å². The van der Waals surface area contributed by atoms with E-state index in [2.05, 4.69) is 12.2 Å². The zero-order valence-corrected chi connectivity index (χ0v) is 12.5. The zero-order valence-electron chi connectivity index (χ0n) is 11.7. The molecule has 108 valence electrons. The average molecular weight is 296 g/mol. The minimum Gasteiger partial charge on any atom is -0.469 e. The van der Waals surface area contributed by atoms with Crippen molar-refractivity contribution in [2.45, 2.75) is 32.7 Å². The molecular formula is C16H19ClFNO. The second kappa shape index (κ2) is 6.91. The standard InChI is InChI=1S/C16H19ClFNO/c1-3-15-12(8-9-20-15)14(19-4-2)10-11-6-5-7-13(18)16(11)17/h5-9,14,19H,3-4,10H2,1-2H3. The van der Waals surface area contributed by atoms with Crippen molar-refractivity contribution in [3.8, 4) is 0 Å². The Kier molecular flexibility index (Phi) is 5.21. The third-order valence-electron chi connectivity index (χ3n) is 3.38. The van der Waals surface area contributed by atoms with Crippen LogP contribution in [-0.4, -0.2) is 6.54 Å². The largest absolute Gasteiger partial charge is 0.469 e. The number of nitrogens with one attached hydrogen (secondary N) is 1. The fourth-order valence-corrected chi connectivity index (χ4v) is 2.62. The third kappa shape index (κ3) is 3.22. The molecule has 1 unspecified atom stereocenters. The molecule has 2 rings (SSSR count). The van der Waals surface area contributed by atoms with Gasteiger partial charge >= 0.3 is 0 Å². The van der Waals surface area contributed by atoms with Crippen LogP contribution in [0.4, 0.5) is 4.39 Å². The van der Waals surface area contributed by atoms with Crippen molar-refractivity contribution < 1.29 is 8.81 Å². The predicted molar refractivity (Wildman–Crippen MR) is 79.6 cm³/mol. The van der Waals surface area contributed by atoms with Crippen LogP contribution in [0.3, 0.4) is 0 Å². The van der Waals surface area contributed by atoms with Crippen molar-refractivity contribution >= 4 is 11.6 Å². The van der Waals surface area contributed by atoms with Gasteiger partial charge in [0, 0.05) is 18.0 Å². The summed E-state index contributed by atoms with van der Waals surface area (Å²) < 4.78 is 19.0. The van der Waals surface area contributed by atoms with E-state index in [0.29, 0.717) is 6.42 Å². The van der Waals surface area contributed by atoms with E-state index in [1.807, 2.05) is 19.1 Å². The van der Waals surface area contributed by atoms with Crippen molar-refractivity contribution in [1.82, 2.24) is 5.32 Å². The number of hydrogen-bond donors (Lipinski definition) is 1. The highest BCUT2D eigenvalue weighted by molar-refractivity contribution is 6.31. The van der Waals surface area contributed by atoms with Crippen LogP contribution in [0, 0.1) is 5.82 Å². The van der Waals surface area contributed by atoms with Crippen molar-refractivity contribution in [3.05, 3.63) is 58.3 Å². The molecule has 1 aromatic heterocycles. The van der Waals surface area contributed by atoms with Gasteiger partial charge in [0.1, 0.15) is 11.6 Å². The van der Waals surface area contributed by atoms with Crippen molar-refractivity contribution in [1.29, 1.82) is 0 Å². The van der Waals surface area contributed by atoms with Gasteiger partial charge in [0.2, 0.25) is 0 Å². The first-order valence-electron chi connectivity index (χ1n) is 6.89. The summed E-state index contributed by atoms with van der Waals surface area (Å²) in [5, 5.41) is 3.62. The summed E-state index contributed by atoms with van der Waals surface area (Å²) in [5.74, 6) is 0.589. The summed E-state index contributed by atoms with van der Waals surface area (Å²) in [4.78, 5) is 0. The Balaban J connectivity index is 2.28. The van der Waals surface area contributed by atoms with Crippen LogP contribution in [-0.2, 0) is 12.8 Å². The molecule has 0 amide bonds. The number of likely N-dealkylation sites (N-methyl/N-ethyl adjacent to an activating group) is 1. The molecule has 0 aliphatic rings. The predicted octanol–water partition coefficient (Wildman–Crippen LogP) is 4.53. The van der Waals surface area contributed by atoms with Gasteiger partial charge in [-0.25, -0.2) is 4.39 Å². The SMILES string of the molecule is CCNC(Cc1cccc(F)c1Cl)c1ccoc1CC. The van der Waals surface area contributed by atoms with E-state index in [1.54, 1.807) is 12.3 Å². The highest BCUT2D eigenvalue weighted by Crippen LogP contribution is 2.28. The summed E-state index contributed by atoms with van der Waals surface area (Å²) in [5.41, 5.74) is 1.93. The molecule has 1 atom stereocenters. The fourth-order valence-electron chi connectivity index (χ4n) is 2.41. The molecule has 1 aromatic carbocycles. The fraction of sp³-hybridized carbons (Fsp3) is 0.375. The molecule has 0 bridgehead atoms. The monoisotopic (exact) mass is 295 g/mol. The molecule has 2 nitrogen and oxygen atoms in total. The first-order chi connectivity index (χ1) is 9.67. The lowest BCUT2D eigenvalue weighted by atomic mass is 9.98. The van der Waals surface area contributed by atoms with E-state index in [-0.39, 0.29) is 16.9 Å². The van der Waals surface area contributed by atoms with Crippen LogP contribution in [0.1, 0.15) is 36.8 Å². The first kappa shape index (κ1) is 15.1. The van der Waals surface area contributed by atoms with E-state index in [0.717, 1.165) is 29.9 Å². The van der Waals surface area contributed by atoms with E-state index in [1.165, 1.54) is 6.07 Å². The van der Waals surface area contributed by atoms with E-state index in [9.17, 15) is 4.39 Å². The zero-order chi connectivity index (χ0) is 14.5. The van der Waals surface area contributed by atoms with Crippen molar-refractivity contribution in [2.24, 2.45) is 0 Å². The topological polar surface area (TPSA) is 25.2 Å². The van der Waals surface area contributed by atoms with Crippen LogP contribution in [0.25, 0.3) is 0 Å². The minimum absolute atomic E-state index is 0.0769. The molecule has 0 radical (unpaired) electrons. The summed E-state index contributed by atoms with van der Waals surface area (Å²) in [6, 6.07) is 6.98. The van der Waals surface area contributed by atoms with Gasteiger partial charge in [-0.05, 0) is 30.7 Å². The number of aryl methyl sites for hydroxylation is 1. The molecule has 0 aliphatic heterocycles. The maximum atomic E-state index is 13.5. The second-order valence-electron chi connectivity index (χ2n) is 4.68. The van der Waals surface area contributed by atoms with E-state index in [4.69, 9.17) is 16.0 Å². The molecule has 1 N–H and O–H groups in total. The lowest BCUT2D eigenvalue weighted by Crippen LogP contribution is -2.23. The number of rotatable bonds is 6. The van der Waals surface area contributed by atoms with Gasteiger partial charge in [0.05, 0.1) is 11.3 Å². The Morgan fingerprint density at radius 2 is 2.10 bits per heavy atom. The van der Waals surface area contributed by atoms with Gasteiger partial charge < -0.3 is 9.73 Å². The lowest BCUT2D eigenvalue weighted by Gasteiger charge is -2.19. The summed E-state index contributed by atoms with van der Waals surface area (Å²) in [7, 11) is 0. The van der Waals surface area contributed by atoms with Gasteiger partial charge in [-0.1, -0.05) is 37.6 Å².